The summed E-state index contributed by atoms with van der Waals surface area (Å²) in [5.74, 6) is -0.803. The Balaban J connectivity index is 2.16. The average molecular weight is 378 g/mol. The molecule has 27 heavy (non-hydrogen) atoms. The molecule has 0 aliphatic heterocycles. The molecule has 136 valence electrons. The summed E-state index contributed by atoms with van der Waals surface area (Å²) >= 11 is 1.25. The Kier molecular flexibility index (Phi) is 5.62. The van der Waals surface area contributed by atoms with Gasteiger partial charge in [-0.2, -0.15) is 0 Å². The fraction of sp³-hybridized carbons (Fsp3) is 0.136. The second kappa shape index (κ2) is 8.10. The molecule has 0 atom stereocenters. The lowest BCUT2D eigenvalue weighted by atomic mass is 10.00. The Hall–Kier alpha value is -3.05. The maximum Gasteiger partial charge on any atom is 0.333 e. The number of hydrogen-bond donors (Lipinski definition) is 0. The van der Waals surface area contributed by atoms with Crippen LogP contribution >= 0.6 is 11.3 Å². The summed E-state index contributed by atoms with van der Waals surface area (Å²) in [6, 6.07) is 15.9. The van der Waals surface area contributed by atoms with E-state index in [9.17, 15) is 14.4 Å². The van der Waals surface area contributed by atoms with Crippen LogP contribution in [0.3, 0.4) is 0 Å². The maximum atomic E-state index is 13.1. The molecule has 0 radical (unpaired) electrons. The summed E-state index contributed by atoms with van der Waals surface area (Å²) in [7, 11) is 0. The number of carbonyl (C=O) groups excluding carboxylic acids is 2. The van der Waals surface area contributed by atoms with Crippen molar-refractivity contribution < 1.29 is 14.3 Å². The Bertz CT molecular complexity index is 1080. The molecule has 0 aliphatic carbocycles. The topological polar surface area (TPSA) is 60.4 Å². The smallest absolute Gasteiger partial charge is 0.333 e. The molecule has 3 rings (SSSR count). The van der Waals surface area contributed by atoms with E-state index in [1.165, 1.54) is 11.3 Å². The number of benzene rings is 2. The number of carbonyl (C=O) groups is 2. The quantitative estimate of drug-likeness (QED) is 0.367. The minimum absolute atomic E-state index is 0.0209. The van der Waals surface area contributed by atoms with Crippen LogP contribution in [-0.2, 0) is 16.0 Å². The van der Waals surface area contributed by atoms with Gasteiger partial charge in [0, 0.05) is 33.2 Å². The number of rotatable bonds is 6. The van der Waals surface area contributed by atoms with E-state index >= 15 is 0 Å². The van der Waals surface area contributed by atoms with E-state index in [0.717, 1.165) is 4.70 Å². The van der Waals surface area contributed by atoms with E-state index in [4.69, 9.17) is 4.74 Å². The van der Waals surface area contributed by atoms with Gasteiger partial charge < -0.3 is 4.74 Å². The largest absolute Gasteiger partial charge is 0.463 e. The van der Waals surface area contributed by atoms with E-state index in [1.807, 2.05) is 18.2 Å². The van der Waals surface area contributed by atoms with Crippen LogP contribution in [0.15, 0.2) is 71.5 Å². The molecule has 3 aromatic rings. The van der Waals surface area contributed by atoms with Gasteiger partial charge in [0.1, 0.15) is 0 Å². The maximum absolute atomic E-state index is 13.1. The van der Waals surface area contributed by atoms with Crippen LogP contribution in [0.1, 0.15) is 27.7 Å². The first-order chi connectivity index (χ1) is 13.0. The van der Waals surface area contributed by atoms with Crippen molar-refractivity contribution in [1.82, 2.24) is 0 Å². The van der Waals surface area contributed by atoms with Gasteiger partial charge in [-0.3, -0.25) is 9.59 Å². The second-order valence-electron chi connectivity index (χ2n) is 5.93. The van der Waals surface area contributed by atoms with E-state index in [-0.39, 0.29) is 35.4 Å². The van der Waals surface area contributed by atoms with Gasteiger partial charge in [0.05, 0.1) is 11.5 Å². The number of ketones is 1. The molecule has 0 fully saturated rings. The van der Waals surface area contributed by atoms with Crippen LogP contribution in [0.4, 0.5) is 0 Å². The van der Waals surface area contributed by atoms with E-state index in [1.54, 1.807) is 43.3 Å². The van der Waals surface area contributed by atoms with Gasteiger partial charge in [-0.15, -0.1) is 11.3 Å². The van der Waals surface area contributed by atoms with Gasteiger partial charge in [-0.1, -0.05) is 49.0 Å². The fourth-order valence-electron chi connectivity index (χ4n) is 2.76. The third-order valence-corrected chi connectivity index (χ3v) is 5.30. The molecule has 0 saturated carbocycles. The van der Waals surface area contributed by atoms with E-state index in [0.29, 0.717) is 15.8 Å². The van der Waals surface area contributed by atoms with Gasteiger partial charge in [0.2, 0.25) is 5.78 Å². The molecule has 0 bridgehead atoms. The molecule has 1 heterocycles. The monoisotopic (exact) mass is 378 g/mol. The van der Waals surface area contributed by atoms with Crippen molar-refractivity contribution in [1.29, 1.82) is 0 Å². The van der Waals surface area contributed by atoms with Gasteiger partial charge in [0.15, 0.2) is 5.43 Å². The van der Waals surface area contributed by atoms with Crippen LogP contribution in [0, 0.1) is 0 Å². The molecule has 1 aromatic heterocycles. The summed E-state index contributed by atoms with van der Waals surface area (Å²) in [6.45, 7) is 5.66. The highest BCUT2D eigenvalue weighted by atomic mass is 32.1. The number of esters is 1. The van der Waals surface area contributed by atoms with E-state index in [2.05, 4.69) is 6.58 Å². The summed E-state index contributed by atoms with van der Waals surface area (Å²) in [4.78, 5) is 38.4. The Morgan fingerprint density at radius 3 is 2.41 bits per heavy atom. The Morgan fingerprint density at radius 1 is 1.04 bits per heavy atom. The predicted octanol–water partition coefficient (Wildman–Crippen LogP) is 4.15. The molecule has 0 N–H and O–H groups in total. The van der Waals surface area contributed by atoms with Crippen LogP contribution < -0.4 is 5.43 Å². The fourth-order valence-corrected chi connectivity index (χ4v) is 3.90. The summed E-state index contributed by atoms with van der Waals surface area (Å²) in [5, 5.41) is 0.527. The summed E-state index contributed by atoms with van der Waals surface area (Å²) in [6.07, 6.45) is -0.0209. The van der Waals surface area contributed by atoms with Crippen LogP contribution in [0.25, 0.3) is 10.1 Å². The van der Waals surface area contributed by atoms with Crippen LogP contribution in [0.2, 0.25) is 0 Å². The molecule has 2 aromatic carbocycles. The van der Waals surface area contributed by atoms with Crippen molar-refractivity contribution in [3.8, 4) is 0 Å². The predicted molar refractivity (Wildman–Crippen MR) is 107 cm³/mol. The molecular formula is C22H18O4S. The third-order valence-electron chi connectivity index (χ3n) is 4.09. The zero-order valence-electron chi connectivity index (χ0n) is 14.9. The normalized spacial score (nSPS) is 10.6. The highest BCUT2D eigenvalue weighted by Crippen LogP contribution is 2.26. The standard InChI is InChI=1S/C22H18O4S/c1-3-26-22(25)14(2)13-17-20(24)16-11-7-8-12-18(16)27-21(17)19(23)15-9-5-4-6-10-15/h4-12H,2-3,13H2,1H3. The van der Waals surface area contributed by atoms with Crippen molar-refractivity contribution in [3.05, 3.63) is 93.0 Å². The lowest BCUT2D eigenvalue weighted by molar-refractivity contribution is -0.138. The van der Waals surface area contributed by atoms with E-state index < -0.39 is 5.97 Å². The minimum atomic E-state index is -0.562. The lowest BCUT2D eigenvalue weighted by Gasteiger charge is -2.11. The Morgan fingerprint density at radius 2 is 1.70 bits per heavy atom. The first kappa shape index (κ1) is 18.7. The molecule has 0 amide bonds. The molecule has 0 saturated heterocycles. The van der Waals surface area contributed by atoms with Crippen LogP contribution in [0.5, 0.6) is 0 Å². The average Bonchev–Trinajstić information content (AvgIpc) is 2.70. The lowest BCUT2D eigenvalue weighted by Crippen LogP contribution is -2.19. The summed E-state index contributed by atoms with van der Waals surface area (Å²) < 4.78 is 5.70. The first-order valence-electron chi connectivity index (χ1n) is 8.52. The van der Waals surface area contributed by atoms with Crippen molar-refractivity contribution in [2.45, 2.75) is 13.3 Å². The van der Waals surface area contributed by atoms with Crippen molar-refractivity contribution in [2.24, 2.45) is 0 Å². The molecule has 0 spiro atoms. The van der Waals surface area contributed by atoms with Gasteiger partial charge in [-0.25, -0.2) is 4.79 Å². The van der Waals surface area contributed by atoms with Crippen LogP contribution in [-0.4, -0.2) is 18.4 Å². The number of hydrogen-bond acceptors (Lipinski definition) is 5. The van der Waals surface area contributed by atoms with Gasteiger partial charge in [0.25, 0.3) is 0 Å². The zero-order valence-corrected chi connectivity index (χ0v) is 15.7. The third kappa shape index (κ3) is 3.88. The van der Waals surface area contributed by atoms with Gasteiger partial charge >= 0.3 is 5.97 Å². The molecule has 0 unspecified atom stereocenters. The highest BCUT2D eigenvalue weighted by molar-refractivity contribution is 7.20. The summed E-state index contributed by atoms with van der Waals surface area (Å²) in [5.41, 5.74) is 0.671. The van der Waals surface area contributed by atoms with Crippen molar-refractivity contribution >= 4 is 33.2 Å². The highest BCUT2D eigenvalue weighted by Gasteiger charge is 2.22. The van der Waals surface area contributed by atoms with Gasteiger partial charge in [-0.05, 0) is 19.1 Å². The van der Waals surface area contributed by atoms with Crippen molar-refractivity contribution in [2.75, 3.05) is 6.61 Å². The number of ether oxygens (including phenoxy) is 1. The first-order valence-corrected chi connectivity index (χ1v) is 9.34. The second-order valence-corrected chi connectivity index (χ2v) is 6.98. The molecular weight excluding hydrogens is 360 g/mol. The molecule has 5 heteroatoms. The molecule has 4 nitrogen and oxygen atoms in total. The molecule has 0 aliphatic rings. The van der Waals surface area contributed by atoms with Crippen molar-refractivity contribution in [3.63, 3.8) is 0 Å². The zero-order chi connectivity index (χ0) is 19.4. The number of fused-ring (bicyclic) bond motifs is 1. The minimum Gasteiger partial charge on any atom is -0.463 e. The SMILES string of the molecule is C=C(Cc1c(C(=O)c2ccccc2)sc2ccccc2c1=O)C(=O)OCC. The Labute approximate surface area is 160 Å².